The number of ketones is 1. The zero-order valence-electron chi connectivity index (χ0n) is 17.7. The number of amides is 1. The molecule has 1 fully saturated rings. The van der Waals surface area contributed by atoms with Gasteiger partial charge in [-0.3, -0.25) is 9.59 Å². The number of aliphatic hydroxyl groups excluding tert-OH is 1. The van der Waals surface area contributed by atoms with E-state index in [-0.39, 0.29) is 23.7 Å². The summed E-state index contributed by atoms with van der Waals surface area (Å²) in [5, 5.41) is 13.0. The van der Waals surface area contributed by atoms with Gasteiger partial charge in [0.2, 0.25) is 0 Å². The molecule has 2 aromatic carbocycles. The number of hydrogen-bond acceptors (Lipinski definition) is 5. The number of aliphatic hydroxyl groups is 1. The van der Waals surface area contributed by atoms with Gasteiger partial charge in [-0.1, -0.05) is 12.1 Å². The van der Waals surface area contributed by atoms with Crippen molar-refractivity contribution in [2.75, 3.05) is 6.61 Å². The predicted octanol–water partition coefficient (Wildman–Crippen LogP) is 5.22. The average molecular weight is 452 g/mol. The summed E-state index contributed by atoms with van der Waals surface area (Å²) in [7, 11) is 0. The molecule has 0 bridgehead atoms. The van der Waals surface area contributed by atoms with Gasteiger partial charge in [-0.05, 0) is 72.8 Å². The minimum atomic E-state index is -0.740. The number of likely N-dealkylation sites (tertiary alicyclic amines) is 1. The van der Waals surface area contributed by atoms with Crippen molar-refractivity contribution in [3.8, 4) is 5.75 Å². The highest BCUT2D eigenvalue weighted by Gasteiger charge is 2.47. The van der Waals surface area contributed by atoms with Crippen molar-refractivity contribution in [1.82, 2.24) is 4.90 Å². The average Bonchev–Trinajstić information content (AvgIpc) is 3.31. The molecule has 3 aromatic rings. The molecule has 5 nitrogen and oxygen atoms in total. The fourth-order valence-corrected chi connectivity index (χ4v) is 4.84. The molecule has 0 aliphatic carbocycles. The van der Waals surface area contributed by atoms with E-state index in [0.29, 0.717) is 23.5 Å². The number of benzene rings is 2. The van der Waals surface area contributed by atoms with Gasteiger partial charge in [0.25, 0.3) is 11.7 Å². The zero-order valence-corrected chi connectivity index (χ0v) is 18.5. The van der Waals surface area contributed by atoms with Crippen LogP contribution in [0, 0.1) is 12.7 Å². The summed E-state index contributed by atoms with van der Waals surface area (Å²) in [6.45, 7) is 4.41. The van der Waals surface area contributed by atoms with Crippen LogP contribution in [0.3, 0.4) is 0 Å². The Morgan fingerprint density at radius 3 is 2.38 bits per heavy atom. The highest BCUT2D eigenvalue weighted by Crippen LogP contribution is 2.43. The van der Waals surface area contributed by atoms with Gasteiger partial charge in [0.15, 0.2) is 0 Å². The molecule has 2 heterocycles. The maximum absolute atomic E-state index is 13.3. The van der Waals surface area contributed by atoms with Gasteiger partial charge in [0.05, 0.1) is 12.2 Å². The lowest BCUT2D eigenvalue weighted by atomic mass is 9.98. The second-order valence-electron chi connectivity index (χ2n) is 7.48. The van der Waals surface area contributed by atoms with Crippen LogP contribution in [0.15, 0.2) is 65.6 Å². The summed E-state index contributed by atoms with van der Waals surface area (Å²) in [6.07, 6.45) is 0. The van der Waals surface area contributed by atoms with Crippen LogP contribution >= 0.6 is 11.3 Å². The number of aryl methyl sites for hydroxylation is 1. The number of ether oxygens (including phenoxy) is 1. The third kappa shape index (κ3) is 4.03. The molecule has 1 unspecified atom stereocenters. The van der Waals surface area contributed by atoms with E-state index in [4.69, 9.17) is 4.74 Å². The lowest BCUT2D eigenvalue weighted by Gasteiger charge is -2.25. The molecule has 4 rings (SSSR count). The van der Waals surface area contributed by atoms with E-state index in [2.05, 4.69) is 0 Å². The van der Waals surface area contributed by atoms with Crippen LogP contribution in [-0.2, 0) is 16.1 Å². The van der Waals surface area contributed by atoms with Crippen LogP contribution in [0.1, 0.15) is 34.5 Å². The first-order valence-electron chi connectivity index (χ1n) is 10.2. The summed E-state index contributed by atoms with van der Waals surface area (Å²) < 4.78 is 18.8. The van der Waals surface area contributed by atoms with E-state index in [9.17, 15) is 19.1 Å². The van der Waals surface area contributed by atoms with Crippen LogP contribution in [0.4, 0.5) is 4.39 Å². The van der Waals surface area contributed by atoms with Gasteiger partial charge in [-0.25, -0.2) is 4.39 Å². The third-order valence-corrected chi connectivity index (χ3v) is 6.47. The van der Waals surface area contributed by atoms with Gasteiger partial charge in [0.1, 0.15) is 23.4 Å². The molecular formula is C25H22FNO4S. The monoisotopic (exact) mass is 451 g/mol. The Kier molecular flexibility index (Phi) is 6.10. The number of nitrogens with zero attached hydrogens (tertiary/aromatic N) is 1. The van der Waals surface area contributed by atoms with Crippen molar-refractivity contribution in [3.05, 3.63) is 92.9 Å². The van der Waals surface area contributed by atoms with E-state index in [1.165, 1.54) is 28.4 Å². The van der Waals surface area contributed by atoms with Crippen molar-refractivity contribution in [1.29, 1.82) is 0 Å². The van der Waals surface area contributed by atoms with Gasteiger partial charge < -0.3 is 14.7 Å². The topological polar surface area (TPSA) is 66.8 Å². The molecule has 7 heteroatoms. The highest BCUT2D eigenvalue weighted by molar-refractivity contribution is 7.10. The quantitative estimate of drug-likeness (QED) is 0.317. The number of Topliss-reactive ketones (excluding diaryl/α,β-unsaturated/α-hetero) is 1. The summed E-state index contributed by atoms with van der Waals surface area (Å²) in [5.41, 5.74) is 2.08. The summed E-state index contributed by atoms with van der Waals surface area (Å²) in [4.78, 5) is 28.3. The molecule has 0 saturated carbocycles. The lowest BCUT2D eigenvalue weighted by molar-refractivity contribution is -0.140. The molecule has 1 N–H and O–H groups in total. The summed E-state index contributed by atoms with van der Waals surface area (Å²) in [6, 6.07) is 13.7. The fraction of sp³-hybridized carbons (Fsp3) is 0.200. The van der Waals surface area contributed by atoms with Crippen molar-refractivity contribution in [2.45, 2.75) is 26.4 Å². The number of carbonyl (C=O) groups is 2. The fourth-order valence-electron chi connectivity index (χ4n) is 3.80. The van der Waals surface area contributed by atoms with Crippen LogP contribution in [0.5, 0.6) is 5.75 Å². The predicted molar refractivity (Wildman–Crippen MR) is 121 cm³/mol. The molecule has 0 spiro atoms. The molecule has 1 aromatic heterocycles. The van der Waals surface area contributed by atoms with Crippen molar-refractivity contribution in [2.24, 2.45) is 0 Å². The van der Waals surface area contributed by atoms with Crippen LogP contribution in [0.25, 0.3) is 5.76 Å². The smallest absolute Gasteiger partial charge is 0.295 e. The molecule has 1 amide bonds. The zero-order chi connectivity index (χ0) is 22.8. The Balaban J connectivity index is 1.80. The minimum absolute atomic E-state index is 0.0480. The first kappa shape index (κ1) is 21.8. The molecule has 0 radical (unpaired) electrons. The number of thiophene rings is 1. The standard InChI is InChI=1S/C25H22FNO4S/c1-3-31-19-10-6-17(7-11-19)22(28)20-21(24-15(2)12-13-32-24)27(25(30)23(20)29)14-16-4-8-18(26)9-5-16/h4-13,21,28H,3,14H2,1-2H3/b22-20-. The largest absolute Gasteiger partial charge is 0.507 e. The van der Waals surface area contributed by atoms with Crippen LogP contribution in [0.2, 0.25) is 0 Å². The van der Waals surface area contributed by atoms with Crippen LogP contribution in [-0.4, -0.2) is 28.3 Å². The second-order valence-corrected chi connectivity index (χ2v) is 8.43. The van der Waals surface area contributed by atoms with Gasteiger partial charge in [-0.15, -0.1) is 11.3 Å². The van der Waals surface area contributed by atoms with Crippen molar-refractivity contribution in [3.63, 3.8) is 0 Å². The Labute approximate surface area is 189 Å². The van der Waals surface area contributed by atoms with Crippen molar-refractivity contribution >= 4 is 28.8 Å². The number of halogens is 1. The molecule has 1 aliphatic rings. The Bertz CT molecular complexity index is 1180. The highest BCUT2D eigenvalue weighted by atomic mass is 32.1. The Morgan fingerprint density at radius 1 is 1.09 bits per heavy atom. The van der Waals surface area contributed by atoms with E-state index in [1.807, 2.05) is 25.3 Å². The van der Waals surface area contributed by atoms with E-state index in [0.717, 1.165) is 10.4 Å². The van der Waals surface area contributed by atoms with Crippen molar-refractivity contribution < 1.29 is 23.8 Å². The first-order valence-corrected chi connectivity index (χ1v) is 11.1. The van der Waals surface area contributed by atoms with E-state index in [1.54, 1.807) is 36.4 Å². The maximum Gasteiger partial charge on any atom is 0.295 e. The van der Waals surface area contributed by atoms with Gasteiger partial charge in [-0.2, -0.15) is 0 Å². The first-order chi connectivity index (χ1) is 15.4. The van der Waals surface area contributed by atoms with E-state index < -0.39 is 17.7 Å². The molecule has 164 valence electrons. The lowest BCUT2D eigenvalue weighted by Crippen LogP contribution is -2.29. The second kappa shape index (κ2) is 8.96. The minimum Gasteiger partial charge on any atom is -0.507 e. The number of carbonyl (C=O) groups excluding carboxylic acids is 2. The number of hydrogen-bond donors (Lipinski definition) is 1. The number of rotatable bonds is 6. The SMILES string of the molecule is CCOc1ccc(/C(O)=C2/C(=O)C(=O)N(Cc3ccc(F)cc3)C2c2sccc2C)cc1. The van der Waals surface area contributed by atoms with E-state index >= 15 is 0 Å². The normalized spacial score (nSPS) is 17.7. The Morgan fingerprint density at radius 2 is 1.78 bits per heavy atom. The molecular weight excluding hydrogens is 429 g/mol. The molecule has 1 saturated heterocycles. The molecule has 32 heavy (non-hydrogen) atoms. The molecule has 1 atom stereocenters. The van der Waals surface area contributed by atoms with Gasteiger partial charge in [0, 0.05) is 17.0 Å². The van der Waals surface area contributed by atoms with Crippen LogP contribution < -0.4 is 4.74 Å². The van der Waals surface area contributed by atoms with Gasteiger partial charge >= 0.3 is 0 Å². The Hall–Kier alpha value is -3.45. The third-order valence-electron chi connectivity index (χ3n) is 5.39. The molecule has 1 aliphatic heterocycles. The maximum atomic E-state index is 13.3. The summed E-state index contributed by atoms with van der Waals surface area (Å²) >= 11 is 1.42. The summed E-state index contributed by atoms with van der Waals surface area (Å²) in [5.74, 6) is -1.40.